The van der Waals surface area contributed by atoms with Crippen molar-refractivity contribution in [3.8, 4) is 0 Å². The highest BCUT2D eigenvalue weighted by atomic mass is 35.5. The third-order valence-electron chi connectivity index (χ3n) is 4.29. The van der Waals surface area contributed by atoms with Crippen LogP contribution in [0.25, 0.3) is 11.2 Å². The second-order valence-electron chi connectivity index (χ2n) is 5.99. The van der Waals surface area contributed by atoms with Crippen molar-refractivity contribution < 1.29 is 4.79 Å². The fraction of sp³-hybridized carbons (Fsp3) is 0.467. The first-order chi connectivity index (χ1) is 11.7. The lowest BCUT2D eigenvalue weighted by Gasteiger charge is -2.33. The van der Waals surface area contributed by atoms with Crippen LogP contribution in [0.3, 0.4) is 0 Å². The SMILES string of the molecule is Cl.N[C@@H]1CCCN(C(=O)C2=CN(c3ncnc4nc[nH]c34)CCS2)C1. The first-order valence-electron chi connectivity index (χ1n) is 8.02. The fourth-order valence-corrected chi connectivity index (χ4v) is 4.06. The molecule has 0 saturated carbocycles. The van der Waals surface area contributed by atoms with Gasteiger partial charge >= 0.3 is 0 Å². The predicted molar refractivity (Wildman–Crippen MR) is 101 cm³/mol. The van der Waals surface area contributed by atoms with Gasteiger partial charge in [0.2, 0.25) is 0 Å². The molecule has 10 heteroatoms. The van der Waals surface area contributed by atoms with Crippen LogP contribution in [-0.4, -0.2) is 62.2 Å². The standard InChI is InChI=1S/C15H19N7OS.ClH/c16-10-2-1-3-22(6-10)15(23)11-7-21(4-5-24-11)14-12-13(18-8-17-12)19-9-20-14;/h7-10H,1-6,16H2,(H,17,18,19,20);1H/t10-;/m1./s1. The third-order valence-corrected chi connectivity index (χ3v) is 5.27. The summed E-state index contributed by atoms with van der Waals surface area (Å²) in [5, 5.41) is 0. The van der Waals surface area contributed by atoms with Crippen molar-refractivity contribution in [3.63, 3.8) is 0 Å². The molecular weight excluding hydrogens is 362 g/mol. The number of amides is 1. The number of nitrogens with one attached hydrogen (secondary N) is 1. The van der Waals surface area contributed by atoms with Gasteiger partial charge in [0.1, 0.15) is 11.8 Å². The number of hydrogen-bond acceptors (Lipinski definition) is 7. The number of halogens is 1. The minimum absolute atomic E-state index is 0. The Morgan fingerprint density at radius 2 is 2.20 bits per heavy atom. The van der Waals surface area contributed by atoms with E-state index in [2.05, 4.69) is 19.9 Å². The van der Waals surface area contributed by atoms with Crippen molar-refractivity contribution in [1.82, 2.24) is 24.8 Å². The number of H-pyrrole nitrogens is 1. The summed E-state index contributed by atoms with van der Waals surface area (Å²) in [6.45, 7) is 2.20. The molecule has 0 spiro atoms. The number of fused-ring (bicyclic) bond motifs is 1. The molecule has 2 aliphatic rings. The number of carbonyl (C=O) groups excluding carboxylic acids is 1. The molecule has 8 nitrogen and oxygen atoms in total. The molecule has 0 aromatic carbocycles. The minimum Gasteiger partial charge on any atom is -0.340 e. The Hall–Kier alpha value is -1.84. The Morgan fingerprint density at radius 1 is 1.32 bits per heavy atom. The van der Waals surface area contributed by atoms with Crippen molar-refractivity contribution in [2.45, 2.75) is 18.9 Å². The van der Waals surface area contributed by atoms with Gasteiger partial charge in [0.05, 0.1) is 11.2 Å². The highest BCUT2D eigenvalue weighted by molar-refractivity contribution is 8.04. The number of thioether (sulfide) groups is 1. The second kappa shape index (κ2) is 7.59. The Kier molecular flexibility index (Phi) is 5.45. The van der Waals surface area contributed by atoms with Gasteiger partial charge in [0.25, 0.3) is 5.91 Å². The molecule has 0 unspecified atom stereocenters. The van der Waals surface area contributed by atoms with E-state index >= 15 is 0 Å². The molecule has 134 valence electrons. The lowest BCUT2D eigenvalue weighted by molar-refractivity contribution is -0.127. The monoisotopic (exact) mass is 381 g/mol. The zero-order chi connectivity index (χ0) is 16.5. The maximum absolute atomic E-state index is 12.8. The van der Waals surface area contributed by atoms with Gasteiger partial charge in [0, 0.05) is 37.6 Å². The fourth-order valence-electron chi connectivity index (χ4n) is 3.10. The summed E-state index contributed by atoms with van der Waals surface area (Å²) in [7, 11) is 0. The summed E-state index contributed by atoms with van der Waals surface area (Å²) in [5.41, 5.74) is 7.41. The number of aromatic nitrogens is 4. The zero-order valence-electron chi connectivity index (χ0n) is 13.6. The van der Waals surface area contributed by atoms with Gasteiger partial charge in [-0.3, -0.25) is 4.79 Å². The van der Waals surface area contributed by atoms with E-state index in [1.54, 1.807) is 18.1 Å². The van der Waals surface area contributed by atoms with E-state index in [4.69, 9.17) is 5.73 Å². The summed E-state index contributed by atoms with van der Waals surface area (Å²) in [4.78, 5) is 33.1. The second-order valence-corrected chi connectivity index (χ2v) is 7.12. The highest BCUT2D eigenvalue weighted by Crippen LogP contribution is 2.29. The van der Waals surface area contributed by atoms with E-state index < -0.39 is 0 Å². The first kappa shape index (κ1) is 18.0. The van der Waals surface area contributed by atoms with Gasteiger partial charge in [0.15, 0.2) is 11.5 Å². The molecule has 2 aromatic rings. The van der Waals surface area contributed by atoms with E-state index in [1.165, 1.54) is 6.33 Å². The number of hydrogen-bond donors (Lipinski definition) is 2. The van der Waals surface area contributed by atoms with E-state index in [0.29, 0.717) is 12.2 Å². The van der Waals surface area contributed by atoms with Gasteiger partial charge in [-0.05, 0) is 12.8 Å². The van der Waals surface area contributed by atoms with E-state index in [1.807, 2.05) is 16.0 Å². The number of nitrogens with zero attached hydrogens (tertiary/aromatic N) is 5. The number of imidazole rings is 1. The Labute approximate surface area is 155 Å². The van der Waals surface area contributed by atoms with E-state index in [0.717, 1.165) is 47.9 Å². The lowest BCUT2D eigenvalue weighted by Crippen LogP contribution is -2.46. The largest absolute Gasteiger partial charge is 0.340 e. The van der Waals surface area contributed by atoms with Gasteiger partial charge in [-0.25, -0.2) is 15.0 Å². The van der Waals surface area contributed by atoms with Crippen LogP contribution >= 0.6 is 24.2 Å². The highest BCUT2D eigenvalue weighted by Gasteiger charge is 2.27. The third kappa shape index (κ3) is 3.58. The summed E-state index contributed by atoms with van der Waals surface area (Å²) in [5.74, 6) is 1.64. The van der Waals surface area contributed by atoms with Crippen LogP contribution in [0.4, 0.5) is 5.82 Å². The van der Waals surface area contributed by atoms with E-state index in [9.17, 15) is 4.79 Å². The van der Waals surface area contributed by atoms with Crippen LogP contribution in [0, 0.1) is 0 Å². The quantitative estimate of drug-likeness (QED) is 0.803. The predicted octanol–water partition coefficient (Wildman–Crippen LogP) is 1.12. The average Bonchev–Trinajstić information content (AvgIpc) is 3.10. The smallest absolute Gasteiger partial charge is 0.261 e. The molecule has 1 fully saturated rings. The number of aromatic amines is 1. The number of carbonyl (C=O) groups is 1. The number of piperidine rings is 1. The van der Waals surface area contributed by atoms with Crippen LogP contribution in [0.2, 0.25) is 0 Å². The molecule has 1 amide bonds. The van der Waals surface area contributed by atoms with Gasteiger partial charge in [-0.15, -0.1) is 24.2 Å². The summed E-state index contributed by atoms with van der Waals surface area (Å²) in [6, 6.07) is 0.0828. The van der Waals surface area contributed by atoms with Crippen molar-refractivity contribution in [3.05, 3.63) is 23.8 Å². The van der Waals surface area contributed by atoms with E-state index in [-0.39, 0.29) is 24.4 Å². The molecule has 2 aromatic heterocycles. The molecule has 4 rings (SSSR count). The zero-order valence-corrected chi connectivity index (χ0v) is 15.2. The summed E-state index contributed by atoms with van der Waals surface area (Å²) >= 11 is 1.59. The lowest BCUT2D eigenvalue weighted by atomic mass is 10.1. The van der Waals surface area contributed by atoms with Crippen molar-refractivity contribution in [1.29, 1.82) is 0 Å². The molecule has 4 heterocycles. The van der Waals surface area contributed by atoms with Crippen LogP contribution in [0.1, 0.15) is 12.8 Å². The van der Waals surface area contributed by atoms with Crippen LogP contribution in [0.5, 0.6) is 0 Å². The van der Waals surface area contributed by atoms with Crippen molar-refractivity contribution >= 4 is 47.1 Å². The molecule has 25 heavy (non-hydrogen) atoms. The Morgan fingerprint density at radius 3 is 3.04 bits per heavy atom. The molecule has 2 aliphatic heterocycles. The molecule has 0 aliphatic carbocycles. The number of anilines is 1. The van der Waals surface area contributed by atoms with Gasteiger partial charge in [-0.2, -0.15) is 0 Å². The molecule has 1 atom stereocenters. The topological polar surface area (TPSA) is 104 Å². The normalized spacial score (nSPS) is 21.0. The first-order valence-corrected chi connectivity index (χ1v) is 9.01. The maximum Gasteiger partial charge on any atom is 0.261 e. The number of nitrogens with two attached hydrogens (primary N) is 1. The van der Waals surface area contributed by atoms with Gasteiger partial charge < -0.3 is 20.5 Å². The molecular formula is C15H20ClN7OS. The maximum atomic E-state index is 12.8. The Balaban J connectivity index is 0.00000182. The summed E-state index contributed by atoms with van der Waals surface area (Å²) < 4.78 is 0. The molecule has 3 N–H and O–H groups in total. The number of likely N-dealkylation sites (tertiary alicyclic amines) is 1. The Bertz CT molecular complexity index is 795. The molecule has 0 bridgehead atoms. The average molecular weight is 382 g/mol. The van der Waals surface area contributed by atoms with Gasteiger partial charge in [-0.1, -0.05) is 0 Å². The van der Waals surface area contributed by atoms with Crippen LogP contribution in [0.15, 0.2) is 23.8 Å². The summed E-state index contributed by atoms with van der Waals surface area (Å²) in [6.07, 6.45) is 6.95. The number of rotatable bonds is 2. The van der Waals surface area contributed by atoms with Crippen molar-refractivity contribution in [2.75, 3.05) is 30.3 Å². The molecule has 1 saturated heterocycles. The minimum atomic E-state index is 0. The van der Waals surface area contributed by atoms with Crippen LogP contribution in [-0.2, 0) is 4.79 Å². The molecule has 0 radical (unpaired) electrons. The van der Waals surface area contributed by atoms with Crippen molar-refractivity contribution in [2.24, 2.45) is 5.73 Å². The van der Waals surface area contributed by atoms with Crippen LogP contribution < -0.4 is 10.6 Å².